The van der Waals surface area contributed by atoms with Crippen LogP contribution >= 0.6 is 15.9 Å². The van der Waals surface area contributed by atoms with Crippen molar-refractivity contribution in [1.82, 2.24) is 9.78 Å². The van der Waals surface area contributed by atoms with Gasteiger partial charge in [0, 0.05) is 13.1 Å². The molecule has 1 aromatic heterocycles. The summed E-state index contributed by atoms with van der Waals surface area (Å²) in [6.45, 7) is 3.10. The molecule has 0 spiro atoms. The van der Waals surface area contributed by atoms with Crippen molar-refractivity contribution < 1.29 is 5.11 Å². The average Bonchev–Trinajstić information content (AvgIpc) is 2.36. The number of hydrogen-bond acceptors (Lipinski definition) is 4. The van der Waals surface area contributed by atoms with E-state index in [1.807, 2.05) is 6.92 Å². The van der Waals surface area contributed by atoms with Crippen molar-refractivity contribution >= 4 is 21.6 Å². The van der Waals surface area contributed by atoms with Crippen molar-refractivity contribution in [3.63, 3.8) is 0 Å². The van der Waals surface area contributed by atoms with Crippen molar-refractivity contribution in [2.24, 2.45) is 5.92 Å². The van der Waals surface area contributed by atoms with Crippen LogP contribution in [0.15, 0.2) is 15.5 Å². The summed E-state index contributed by atoms with van der Waals surface area (Å²) in [5.74, 6) is 0.583. The molecule has 0 amide bonds. The minimum atomic E-state index is -0.431. The molecule has 2 N–H and O–H groups in total. The van der Waals surface area contributed by atoms with Gasteiger partial charge in [-0.1, -0.05) is 19.8 Å². The van der Waals surface area contributed by atoms with Crippen LogP contribution in [0, 0.1) is 5.92 Å². The van der Waals surface area contributed by atoms with E-state index in [-0.39, 0.29) is 5.56 Å². The van der Waals surface area contributed by atoms with E-state index in [0.29, 0.717) is 29.2 Å². The van der Waals surface area contributed by atoms with Crippen LogP contribution in [-0.4, -0.2) is 27.5 Å². The van der Waals surface area contributed by atoms with Crippen LogP contribution < -0.4 is 10.9 Å². The highest BCUT2D eigenvalue weighted by Crippen LogP contribution is 2.27. The van der Waals surface area contributed by atoms with Gasteiger partial charge in [0.1, 0.15) is 5.69 Å². The van der Waals surface area contributed by atoms with Gasteiger partial charge in [-0.3, -0.25) is 4.79 Å². The first kappa shape index (κ1) is 15.5. The summed E-state index contributed by atoms with van der Waals surface area (Å²) in [6, 6.07) is 0. The fourth-order valence-corrected chi connectivity index (χ4v) is 2.74. The summed E-state index contributed by atoms with van der Waals surface area (Å²) in [5.41, 5.74) is 0.379. The molecule has 1 aliphatic rings. The number of nitrogens with zero attached hydrogens (tertiary/aromatic N) is 2. The fraction of sp³-hybridized carbons (Fsp3) is 0.714. The van der Waals surface area contributed by atoms with Crippen LogP contribution in [0.25, 0.3) is 0 Å². The van der Waals surface area contributed by atoms with Gasteiger partial charge >= 0.3 is 0 Å². The predicted molar refractivity (Wildman–Crippen MR) is 82.9 cm³/mol. The third kappa shape index (κ3) is 3.82. The number of halogens is 1. The SMILES string of the molecule is CCCC(O)CNc1c(Br)cnn(CC2CCC2)c1=O. The summed E-state index contributed by atoms with van der Waals surface area (Å²) in [6.07, 6.45) is 6.49. The molecule has 112 valence electrons. The first-order valence-electron chi connectivity index (χ1n) is 7.29. The lowest BCUT2D eigenvalue weighted by atomic mass is 9.85. The minimum Gasteiger partial charge on any atom is -0.391 e. The van der Waals surface area contributed by atoms with Gasteiger partial charge in [-0.15, -0.1) is 0 Å². The van der Waals surface area contributed by atoms with Gasteiger partial charge in [-0.05, 0) is 41.1 Å². The summed E-state index contributed by atoms with van der Waals surface area (Å²) < 4.78 is 2.18. The Kier molecular flexibility index (Phi) is 5.60. The van der Waals surface area contributed by atoms with Gasteiger partial charge in [0.2, 0.25) is 0 Å². The molecule has 1 fully saturated rings. The normalized spacial score (nSPS) is 16.8. The molecule has 1 unspecified atom stereocenters. The highest BCUT2D eigenvalue weighted by molar-refractivity contribution is 9.10. The third-order valence-electron chi connectivity index (χ3n) is 3.79. The number of rotatable bonds is 7. The molecular formula is C14H22BrN3O2. The van der Waals surface area contributed by atoms with Crippen molar-refractivity contribution in [3.05, 3.63) is 21.0 Å². The molecule has 5 nitrogen and oxygen atoms in total. The predicted octanol–water partition coefficient (Wildman–Crippen LogP) is 2.38. The number of aromatic nitrogens is 2. The molecule has 1 aliphatic carbocycles. The van der Waals surface area contributed by atoms with E-state index in [9.17, 15) is 9.90 Å². The molecule has 1 aromatic rings. The first-order valence-corrected chi connectivity index (χ1v) is 8.08. The monoisotopic (exact) mass is 343 g/mol. The largest absolute Gasteiger partial charge is 0.391 e. The highest BCUT2D eigenvalue weighted by Gasteiger charge is 2.20. The smallest absolute Gasteiger partial charge is 0.291 e. The molecule has 0 aliphatic heterocycles. The van der Waals surface area contributed by atoms with Crippen LogP contribution in [0.5, 0.6) is 0 Å². The van der Waals surface area contributed by atoms with Gasteiger partial charge in [0.05, 0.1) is 16.8 Å². The molecule has 1 heterocycles. The highest BCUT2D eigenvalue weighted by atomic mass is 79.9. The Morgan fingerprint density at radius 1 is 1.60 bits per heavy atom. The van der Waals surface area contributed by atoms with E-state index in [0.717, 1.165) is 12.8 Å². The van der Waals surface area contributed by atoms with Gasteiger partial charge in [-0.2, -0.15) is 5.10 Å². The number of aliphatic hydroxyl groups is 1. The van der Waals surface area contributed by atoms with Crippen molar-refractivity contribution in [1.29, 1.82) is 0 Å². The second-order valence-electron chi connectivity index (χ2n) is 5.48. The van der Waals surface area contributed by atoms with Gasteiger partial charge < -0.3 is 10.4 Å². The second kappa shape index (κ2) is 7.22. The second-order valence-corrected chi connectivity index (χ2v) is 6.33. The summed E-state index contributed by atoms with van der Waals surface area (Å²) in [4.78, 5) is 12.4. The lowest BCUT2D eigenvalue weighted by molar-refractivity contribution is 0.176. The molecule has 2 rings (SSSR count). The van der Waals surface area contributed by atoms with Crippen molar-refractivity contribution in [3.8, 4) is 0 Å². The van der Waals surface area contributed by atoms with Crippen molar-refractivity contribution in [2.75, 3.05) is 11.9 Å². The molecule has 20 heavy (non-hydrogen) atoms. The zero-order chi connectivity index (χ0) is 14.5. The van der Waals surface area contributed by atoms with Crippen LogP contribution in [0.3, 0.4) is 0 Å². The fourth-order valence-electron chi connectivity index (χ4n) is 2.33. The van der Waals surface area contributed by atoms with E-state index in [1.54, 1.807) is 6.20 Å². The Morgan fingerprint density at radius 2 is 2.35 bits per heavy atom. The molecule has 6 heteroatoms. The average molecular weight is 344 g/mol. The Hall–Kier alpha value is -0.880. The zero-order valence-corrected chi connectivity index (χ0v) is 13.4. The number of hydrogen-bond donors (Lipinski definition) is 2. The Balaban J connectivity index is 2.06. The summed E-state index contributed by atoms with van der Waals surface area (Å²) in [5, 5.41) is 17.0. The summed E-state index contributed by atoms with van der Waals surface area (Å²) in [7, 11) is 0. The quantitative estimate of drug-likeness (QED) is 0.797. The molecule has 0 saturated heterocycles. The summed E-state index contributed by atoms with van der Waals surface area (Å²) >= 11 is 3.35. The number of aliphatic hydroxyl groups excluding tert-OH is 1. The van der Waals surface area contributed by atoms with E-state index in [4.69, 9.17) is 0 Å². The standard InChI is InChI=1S/C14H22BrN3O2/c1-2-4-11(19)7-16-13-12(15)8-17-18(14(13)20)9-10-5-3-6-10/h8,10-11,16,19H,2-7,9H2,1H3. The molecule has 1 atom stereocenters. The maximum Gasteiger partial charge on any atom is 0.291 e. The zero-order valence-electron chi connectivity index (χ0n) is 11.8. The Labute approximate surface area is 127 Å². The van der Waals surface area contributed by atoms with E-state index >= 15 is 0 Å². The maximum absolute atomic E-state index is 12.4. The third-order valence-corrected chi connectivity index (χ3v) is 4.39. The lowest BCUT2D eigenvalue weighted by Gasteiger charge is -2.25. The Morgan fingerprint density at radius 3 is 2.95 bits per heavy atom. The first-order chi connectivity index (χ1) is 9.61. The van der Waals surface area contributed by atoms with Gasteiger partial charge in [0.15, 0.2) is 0 Å². The topological polar surface area (TPSA) is 67.2 Å². The molecule has 0 aromatic carbocycles. The maximum atomic E-state index is 12.4. The minimum absolute atomic E-state index is 0.116. The van der Waals surface area contributed by atoms with E-state index in [2.05, 4.69) is 26.3 Å². The lowest BCUT2D eigenvalue weighted by Crippen LogP contribution is -2.32. The van der Waals surface area contributed by atoms with Crippen LogP contribution in [0.2, 0.25) is 0 Å². The van der Waals surface area contributed by atoms with E-state index < -0.39 is 6.10 Å². The van der Waals surface area contributed by atoms with Gasteiger partial charge in [-0.25, -0.2) is 4.68 Å². The molecule has 0 radical (unpaired) electrons. The van der Waals surface area contributed by atoms with Gasteiger partial charge in [0.25, 0.3) is 5.56 Å². The molecular weight excluding hydrogens is 322 g/mol. The molecule has 0 bridgehead atoms. The number of nitrogens with one attached hydrogen (secondary N) is 1. The van der Waals surface area contributed by atoms with Crippen LogP contribution in [0.1, 0.15) is 39.0 Å². The van der Waals surface area contributed by atoms with Crippen LogP contribution in [-0.2, 0) is 6.54 Å². The number of anilines is 1. The molecule has 1 saturated carbocycles. The van der Waals surface area contributed by atoms with Crippen LogP contribution in [0.4, 0.5) is 5.69 Å². The Bertz CT molecular complexity index is 500. The van der Waals surface area contributed by atoms with Crippen molar-refractivity contribution in [2.45, 2.75) is 51.7 Å². The van der Waals surface area contributed by atoms with E-state index in [1.165, 1.54) is 23.9 Å².